The van der Waals surface area contributed by atoms with E-state index in [4.69, 9.17) is 4.74 Å². The van der Waals surface area contributed by atoms with Gasteiger partial charge in [-0.25, -0.2) is 0 Å². The second-order valence-corrected chi connectivity index (χ2v) is 5.48. The number of benzene rings is 1. The predicted octanol–water partition coefficient (Wildman–Crippen LogP) is 4.11. The third-order valence-corrected chi connectivity index (χ3v) is 4.83. The van der Waals surface area contributed by atoms with Gasteiger partial charge in [0, 0.05) is 8.06 Å². The topological polar surface area (TPSA) is 9.23 Å². The van der Waals surface area contributed by atoms with Crippen LogP contribution < -0.4 is 0 Å². The third kappa shape index (κ3) is 2.04. The van der Waals surface area contributed by atoms with E-state index in [0.717, 1.165) is 0 Å². The van der Waals surface area contributed by atoms with Gasteiger partial charge in [0.25, 0.3) is 0 Å². The summed E-state index contributed by atoms with van der Waals surface area (Å²) in [4.78, 5) is 0. The highest BCUT2D eigenvalue weighted by Gasteiger charge is 2.24. The highest BCUT2D eigenvalue weighted by molar-refractivity contribution is 14.1. The normalized spacial score (nSPS) is 21.8. The van der Waals surface area contributed by atoms with Gasteiger partial charge in [-0.2, -0.15) is 0 Å². The summed E-state index contributed by atoms with van der Waals surface area (Å²) >= 11 is 5.85. The molecular formula is C11H10BrIO. The lowest BCUT2D eigenvalue weighted by Crippen LogP contribution is -1.97. The molecule has 0 bridgehead atoms. The minimum atomic E-state index is 0.130. The van der Waals surface area contributed by atoms with Gasteiger partial charge in [0.15, 0.2) is 0 Å². The number of aryl methyl sites for hydroxylation is 1. The van der Waals surface area contributed by atoms with Crippen LogP contribution in [0.5, 0.6) is 0 Å². The second-order valence-electron chi connectivity index (χ2n) is 3.36. The van der Waals surface area contributed by atoms with Gasteiger partial charge in [-0.1, -0.05) is 45.8 Å². The molecule has 0 N–H and O–H groups in total. The maximum Gasteiger partial charge on any atom is 0.115 e. The van der Waals surface area contributed by atoms with Crippen molar-refractivity contribution in [2.75, 3.05) is 6.61 Å². The summed E-state index contributed by atoms with van der Waals surface area (Å²) in [7, 11) is 0. The first kappa shape index (κ1) is 10.6. The molecule has 2 rings (SSSR count). The average molecular weight is 365 g/mol. The van der Waals surface area contributed by atoms with E-state index in [1.165, 1.54) is 19.2 Å². The Bertz CT molecular complexity index is 387. The van der Waals surface area contributed by atoms with E-state index in [-0.39, 0.29) is 6.10 Å². The largest absolute Gasteiger partial charge is 0.363 e. The van der Waals surface area contributed by atoms with Crippen LogP contribution in [0.25, 0.3) is 0 Å². The van der Waals surface area contributed by atoms with Crippen molar-refractivity contribution in [1.82, 2.24) is 0 Å². The first-order valence-electron chi connectivity index (χ1n) is 4.40. The zero-order valence-corrected chi connectivity index (χ0v) is 11.5. The minimum Gasteiger partial charge on any atom is -0.363 e. The summed E-state index contributed by atoms with van der Waals surface area (Å²) in [6.07, 6.45) is 0.130. The summed E-state index contributed by atoms with van der Waals surface area (Å²) in [5.74, 6) is 0. The highest BCUT2D eigenvalue weighted by Crippen LogP contribution is 2.40. The van der Waals surface area contributed by atoms with Crippen molar-refractivity contribution in [3.05, 3.63) is 43.5 Å². The Labute approximate surface area is 106 Å². The molecule has 1 atom stereocenters. The fraction of sp³-hybridized carbons (Fsp3) is 0.273. The lowest BCUT2D eigenvalue weighted by molar-refractivity contribution is 0.128. The van der Waals surface area contributed by atoms with Crippen molar-refractivity contribution in [3.8, 4) is 0 Å². The van der Waals surface area contributed by atoms with Gasteiger partial charge in [0.1, 0.15) is 6.10 Å². The molecule has 1 aliphatic heterocycles. The van der Waals surface area contributed by atoms with Crippen molar-refractivity contribution >= 4 is 38.5 Å². The van der Waals surface area contributed by atoms with Gasteiger partial charge < -0.3 is 4.74 Å². The molecule has 0 saturated carbocycles. The van der Waals surface area contributed by atoms with E-state index >= 15 is 0 Å². The number of hydrogen-bond donors (Lipinski definition) is 0. The quantitative estimate of drug-likeness (QED) is 0.681. The molecule has 1 aromatic carbocycles. The summed E-state index contributed by atoms with van der Waals surface area (Å²) < 4.78 is 8.12. The van der Waals surface area contributed by atoms with Crippen molar-refractivity contribution in [2.24, 2.45) is 0 Å². The Morgan fingerprint density at radius 1 is 1.50 bits per heavy atom. The van der Waals surface area contributed by atoms with Crippen LogP contribution in [0.15, 0.2) is 32.3 Å². The molecule has 0 radical (unpaired) electrons. The number of hydrogen-bond acceptors (Lipinski definition) is 1. The number of rotatable bonds is 1. The zero-order chi connectivity index (χ0) is 10.1. The summed E-state index contributed by atoms with van der Waals surface area (Å²) in [5.41, 5.74) is 2.52. The first-order chi connectivity index (χ1) is 6.68. The number of ether oxygens (including phenoxy) is 1. The zero-order valence-electron chi connectivity index (χ0n) is 7.76. The molecule has 74 valence electrons. The van der Waals surface area contributed by atoms with Crippen LogP contribution in [-0.4, -0.2) is 6.61 Å². The Hall–Kier alpha value is 0.130. The molecule has 1 aromatic rings. The van der Waals surface area contributed by atoms with E-state index in [2.05, 4.69) is 69.7 Å². The van der Waals surface area contributed by atoms with Crippen LogP contribution in [0.3, 0.4) is 0 Å². The van der Waals surface area contributed by atoms with Gasteiger partial charge in [-0.3, -0.25) is 0 Å². The van der Waals surface area contributed by atoms with Crippen molar-refractivity contribution in [1.29, 1.82) is 0 Å². The molecule has 0 aromatic heterocycles. The van der Waals surface area contributed by atoms with E-state index in [9.17, 15) is 0 Å². The molecular weight excluding hydrogens is 355 g/mol. The summed E-state index contributed by atoms with van der Waals surface area (Å²) in [6, 6.07) is 8.46. The van der Waals surface area contributed by atoms with E-state index in [1.54, 1.807) is 0 Å². The molecule has 14 heavy (non-hydrogen) atoms. The molecule has 1 nitrogen and oxygen atoms in total. The molecule has 1 unspecified atom stereocenters. The third-order valence-electron chi connectivity index (χ3n) is 2.21. The molecule has 3 heteroatoms. The smallest absolute Gasteiger partial charge is 0.115 e. The average Bonchev–Trinajstić information content (AvgIpc) is 2.48. The van der Waals surface area contributed by atoms with Crippen LogP contribution in [0.4, 0.5) is 0 Å². The Kier molecular flexibility index (Phi) is 3.29. The maximum atomic E-state index is 5.69. The van der Waals surface area contributed by atoms with Crippen LogP contribution in [0.1, 0.15) is 17.2 Å². The fourth-order valence-corrected chi connectivity index (χ4v) is 2.55. The van der Waals surface area contributed by atoms with Crippen molar-refractivity contribution < 1.29 is 4.74 Å². The fourth-order valence-electron chi connectivity index (χ4n) is 1.52. The van der Waals surface area contributed by atoms with Gasteiger partial charge in [0.2, 0.25) is 0 Å². The minimum absolute atomic E-state index is 0.130. The van der Waals surface area contributed by atoms with Crippen LogP contribution in [-0.2, 0) is 4.74 Å². The van der Waals surface area contributed by atoms with Crippen molar-refractivity contribution in [3.63, 3.8) is 0 Å². The first-order valence-corrected chi connectivity index (χ1v) is 6.28. The second kappa shape index (κ2) is 4.33. The Morgan fingerprint density at radius 3 is 2.86 bits per heavy atom. The standard InChI is InChI=1S/C11H10BrIO/c1-7-3-2-4-8(5-7)11-10(13)9(12)6-14-11/h2-5,11H,6H2,1H3. The molecule has 0 spiro atoms. The lowest BCUT2D eigenvalue weighted by atomic mass is 10.1. The molecule has 1 aliphatic rings. The Balaban J connectivity index is 2.33. The highest BCUT2D eigenvalue weighted by atomic mass is 127. The van der Waals surface area contributed by atoms with Gasteiger partial charge in [0.05, 0.1) is 6.61 Å². The van der Waals surface area contributed by atoms with Crippen molar-refractivity contribution in [2.45, 2.75) is 13.0 Å². The van der Waals surface area contributed by atoms with Crippen LogP contribution in [0, 0.1) is 6.92 Å². The summed E-state index contributed by atoms with van der Waals surface area (Å²) in [6.45, 7) is 2.79. The number of halogens is 2. The van der Waals surface area contributed by atoms with Gasteiger partial charge in [-0.15, -0.1) is 0 Å². The molecule has 0 aliphatic carbocycles. The lowest BCUT2D eigenvalue weighted by Gasteiger charge is -2.11. The molecule has 1 heterocycles. The molecule has 0 saturated heterocycles. The van der Waals surface area contributed by atoms with E-state index in [0.29, 0.717) is 6.61 Å². The summed E-state index contributed by atoms with van der Waals surface area (Å²) in [5, 5.41) is 0. The van der Waals surface area contributed by atoms with Gasteiger partial charge >= 0.3 is 0 Å². The molecule has 0 amide bonds. The van der Waals surface area contributed by atoms with Gasteiger partial charge in [-0.05, 0) is 35.1 Å². The van der Waals surface area contributed by atoms with E-state index < -0.39 is 0 Å². The molecule has 0 fully saturated rings. The van der Waals surface area contributed by atoms with E-state index in [1.807, 2.05) is 0 Å². The Morgan fingerprint density at radius 2 is 2.29 bits per heavy atom. The van der Waals surface area contributed by atoms with Crippen LogP contribution in [0.2, 0.25) is 0 Å². The van der Waals surface area contributed by atoms with Crippen LogP contribution >= 0.6 is 38.5 Å². The monoisotopic (exact) mass is 364 g/mol. The maximum absolute atomic E-state index is 5.69. The SMILES string of the molecule is Cc1cccc(C2OCC(Br)=C2I)c1. The predicted molar refractivity (Wildman–Crippen MR) is 69.8 cm³/mol.